The van der Waals surface area contributed by atoms with Crippen molar-refractivity contribution in [3.63, 3.8) is 0 Å². The zero-order chi connectivity index (χ0) is 15.6. The second-order valence-corrected chi connectivity index (χ2v) is 6.60. The molecule has 1 aromatic heterocycles. The molecule has 2 amide bonds. The lowest BCUT2D eigenvalue weighted by atomic mass is 9.92. The Kier molecular flexibility index (Phi) is 4.34. The monoisotopic (exact) mass is 292 g/mol. The standard InChI is InChI=1S/C15H24N4O2/c1-15(2,3)12-9-11(19(4)18-12)14(21)17-10-7-5-6-8-16-13(10)20/h9-10H,5-8H2,1-4H3,(H,16,20)(H,17,21)/t10-/m0/s1. The molecule has 2 rings (SSSR count). The Balaban J connectivity index is 2.13. The number of hydrogen-bond donors (Lipinski definition) is 2. The predicted octanol–water partition coefficient (Wildman–Crippen LogP) is 1.12. The fraction of sp³-hybridized carbons (Fsp3) is 0.667. The summed E-state index contributed by atoms with van der Waals surface area (Å²) in [5, 5.41) is 10.0. The minimum atomic E-state index is -0.451. The van der Waals surface area contributed by atoms with Crippen molar-refractivity contribution in [1.29, 1.82) is 0 Å². The van der Waals surface area contributed by atoms with Gasteiger partial charge in [0.2, 0.25) is 5.91 Å². The maximum absolute atomic E-state index is 12.4. The SMILES string of the molecule is Cn1nc(C(C)(C)C)cc1C(=O)N[C@H]1CCCCNC1=O. The maximum atomic E-state index is 12.4. The van der Waals surface area contributed by atoms with Crippen LogP contribution in [0.25, 0.3) is 0 Å². The van der Waals surface area contributed by atoms with Crippen LogP contribution in [0.4, 0.5) is 0 Å². The molecule has 2 N–H and O–H groups in total. The summed E-state index contributed by atoms with van der Waals surface area (Å²) >= 11 is 0. The molecule has 1 aliphatic heterocycles. The Labute approximate surface area is 125 Å². The highest BCUT2D eigenvalue weighted by Gasteiger charge is 2.26. The van der Waals surface area contributed by atoms with E-state index in [-0.39, 0.29) is 17.2 Å². The third kappa shape index (κ3) is 3.62. The minimum Gasteiger partial charge on any atom is -0.354 e. The van der Waals surface area contributed by atoms with E-state index in [1.54, 1.807) is 17.8 Å². The molecule has 21 heavy (non-hydrogen) atoms. The fourth-order valence-electron chi connectivity index (χ4n) is 2.36. The van der Waals surface area contributed by atoms with Gasteiger partial charge in [0.05, 0.1) is 5.69 Å². The molecule has 1 aromatic rings. The molecule has 0 spiro atoms. The van der Waals surface area contributed by atoms with Gasteiger partial charge >= 0.3 is 0 Å². The highest BCUT2D eigenvalue weighted by atomic mass is 16.2. The first kappa shape index (κ1) is 15.5. The molecule has 1 aliphatic rings. The van der Waals surface area contributed by atoms with Crippen LogP contribution < -0.4 is 10.6 Å². The first-order valence-corrected chi connectivity index (χ1v) is 7.42. The lowest BCUT2D eigenvalue weighted by Crippen LogP contribution is -2.45. The second-order valence-electron chi connectivity index (χ2n) is 6.60. The van der Waals surface area contributed by atoms with Crippen LogP contribution in [0.15, 0.2) is 6.07 Å². The van der Waals surface area contributed by atoms with E-state index in [0.29, 0.717) is 18.7 Å². The lowest BCUT2D eigenvalue weighted by molar-refractivity contribution is -0.122. The van der Waals surface area contributed by atoms with Gasteiger partial charge in [-0.2, -0.15) is 5.10 Å². The highest BCUT2D eigenvalue weighted by Crippen LogP contribution is 2.21. The van der Waals surface area contributed by atoms with Crippen LogP contribution in [0.2, 0.25) is 0 Å². The van der Waals surface area contributed by atoms with Crippen molar-refractivity contribution in [2.24, 2.45) is 7.05 Å². The summed E-state index contributed by atoms with van der Waals surface area (Å²) in [5.74, 6) is -0.346. The van der Waals surface area contributed by atoms with Crippen LogP contribution in [-0.4, -0.2) is 34.2 Å². The number of carbonyl (C=O) groups excluding carboxylic acids is 2. The molecule has 0 aromatic carbocycles. The zero-order valence-electron chi connectivity index (χ0n) is 13.2. The molecule has 6 nitrogen and oxygen atoms in total. The van der Waals surface area contributed by atoms with Crippen molar-refractivity contribution in [2.75, 3.05) is 6.54 Å². The van der Waals surface area contributed by atoms with Gasteiger partial charge in [-0.05, 0) is 25.3 Å². The Morgan fingerprint density at radius 2 is 2.14 bits per heavy atom. The van der Waals surface area contributed by atoms with Gasteiger partial charge in [0.15, 0.2) is 0 Å². The van der Waals surface area contributed by atoms with E-state index in [0.717, 1.165) is 18.5 Å². The van der Waals surface area contributed by atoms with Gasteiger partial charge in [-0.25, -0.2) is 0 Å². The Bertz CT molecular complexity index is 542. The molecule has 0 aliphatic carbocycles. The molecule has 0 saturated carbocycles. The van der Waals surface area contributed by atoms with Gasteiger partial charge in [-0.1, -0.05) is 20.8 Å². The molecule has 0 radical (unpaired) electrons. The Morgan fingerprint density at radius 3 is 2.76 bits per heavy atom. The summed E-state index contributed by atoms with van der Waals surface area (Å²) in [6.45, 7) is 6.84. The summed E-state index contributed by atoms with van der Waals surface area (Å²) in [6, 6.07) is 1.34. The van der Waals surface area contributed by atoms with Gasteiger partial charge in [-0.15, -0.1) is 0 Å². The van der Waals surface area contributed by atoms with E-state index >= 15 is 0 Å². The minimum absolute atomic E-state index is 0.0981. The fourth-order valence-corrected chi connectivity index (χ4v) is 2.36. The summed E-state index contributed by atoms with van der Waals surface area (Å²) in [6.07, 6.45) is 2.57. The van der Waals surface area contributed by atoms with Crippen molar-refractivity contribution < 1.29 is 9.59 Å². The number of hydrogen-bond acceptors (Lipinski definition) is 3. The quantitative estimate of drug-likeness (QED) is 0.857. The van der Waals surface area contributed by atoms with Gasteiger partial charge in [-0.3, -0.25) is 14.3 Å². The predicted molar refractivity (Wildman–Crippen MR) is 80.0 cm³/mol. The van der Waals surface area contributed by atoms with Crippen molar-refractivity contribution >= 4 is 11.8 Å². The van der Waals surface area contributed by atoms with E-state index in [4.69, 9.17) is 0 Å². The van der Waals surface area contributed by atoms with Gasteiger partial charge in [0.25, 0.3) is 5.91 Å². The Hall–Kier alpha value is -1.85. The maximum Gasteiger partial charge on any atom is 0.270 e. The smallest absolute Gasteiger partial charge is 0.270 e. The average molecular weight is 292 g/mol. The third-order valence-electron chi connectivity index (χ3n) is 3.72. The largest absolute Gasteiger partial charge is 0.354 e. The van der Waals surface area contributed by atoms with E-state index in [1.807, 2.05) is 0 Å². The average Bonchev–Trinajstić information content (AvgIpc) is 2.68. The van der Waals surface area contributed by atoms with E-state index < -0.39 is 6.04 Å². The van der Waals surface area contributed by atoms with E-state index in [2.05, 4.69) is 36.5 Å². The second kappa shape index (κ2) is 5.87. The molecule has 116 valence electrons. The number of rotatable bonds is 2. The number of aryl methyl sites for hydroxylation is 1. The molecule has 6 heteroatoms. The molecular weight excluding hydrogens is 268 g/mol. The lowest BCUT2D eigenvalue weighted by Gasteiger charge is -2.15. The van der Waals surface area contributed by atoms with Gasteiger partial charge in [0.1, 0.15) is 11.7 Å². The van der Waals surface area contributed by atoms with Crippen LogP contribution in [0.1, 0.15) is 56.2 Å². The topological polar surface area (TPSA) is 76.0 Å². The van der Waals surface area contributed by atoms with Crippen LogP contribution >= 0.6 is 0 Å². The third-order valence-corrected chi connectivity index (χ3v) is 3.72. The van der Waals surface area contributed by atoms with Crippen LogP contribution in [0.3, 0.4) is 0 Å². The molecule has 1 saturated heterocycles. The van der Waals surface area contributed by atoms with Crippen LogP contribution in [0.5, 0.6) is 0 Å². The van der Waals surface area contributed by atoms with Crippen LogP contribution in [-0.2, 0) is 17.3 Å². The first-order chi connectivity index (χ1) is 9.79. The number of nitrogens with zero attached hydrogens (tertiary/aromatic N) is 2. The molecule has 2 heterocycles. The summed E-state index contributed by atoms with van der Waals surface area (Å²) in [4.78, 5) is 24.3. The molecular formula is C15H24N4O2. The normalized spacial score (nSPS) is 19.8. The Morgan fingerprint density at radius 1 is 1.43 bits per heavy atom. The van der Waals surface area contributed by atoms with Gasteiger partial charge in [0, 0.05) is 19.0 Å². The van der Waals surface area contributed by atoms with E-state index in [1.165, 1.54) is 0 Å². The molecule has 0 bridgehead atoms. The zero-order valence-corrected chi connectivity index (χ0v) is 13.2. The summed E-state index contributed by atoms with van der Waals surface area (Å²) < 4.78 is 1.57. The summed E-state index contributed by atoms with van der Waals surface area (Å²) in [7, 11) is 1.75. The molecule has 1 atom stereocenters. The van der Waals surface area contributed by atoms with Crippen molar-refractivity contribution in [1.82, 2.24) is 20.4 Å². The highest BCUT2D eigenvalue weighted by molar-refractivity contribution is 5.96. The van der Waals surface area contributed by atoms with Gasteiger partial charge < -0.3 is 10.6 Å². The van der Waals surface area contributed by atoms with Crippen molar-refractivity contribution in [3.8, 4) is 0 Å². The van der Waals surface area contributed by atoms with E-state index in [9.17, 15) is 9.59 Å². The molecule has 1 fully saturated rings. The number of carbonyl (C=O) groups is 2. The number of aromatic nitrogens is 2. The molecule has 0 unspecified atom stereocenters. The van der Waals surface area contributed by atoms with Crippen molar-refractivity contribution in [3.05, 3.63) is 17.5 Å². The number of nitrogens with one attached hydrogen (secondary N) is 2. The summed E-state index contributed by atoms with van der Waals surface area (Å²) in [5.41, 5.74) is 1.23. The van der Waals surface area contributed by atoms with Crippen LogP contribution in [0, 0.1) is 0 Å². The van der Waals surface area contributed by atoms with Crippen molar-refractivity contribution in [2.45, 2.75) is 51.5 Å². The number of amides is 2. The first-order valence-electron chi connectivity index (χ1n) is 7.42.